The van der Waals surface area contributed by atoms with E-state index in [0.29, 0.717) is 36.2 Å². The molecular weight excluding hydrogens is 424 g/mol. The van der Waals surface area contributed by atoms with Gasteiger partial charge in [0, 0.05) is 18.2 Å². The molecule has 4 aliphatic carbocycles. The number of amides is 2. The molecule has 2 N–H and O–H groups in total. The summed E-state index contributed by atoms with van der Waals surface area (Å²) in [6, 6.07) is 19.7. The Kier molecular flexibility index (Phi) is 6.62. The first-order valence-corrected chi connectivity index (χ1v) is 12.8. The highest BCUT2D eigenvalue weighted by Gasteiger charge is 2.55. The summed E-state index contributed by atoms with van der Waals surface area (Å²) < 4.78 is 5.54. The summed E-state index contributed by atoms with van der Waals surface area (Å²) in [6.45, 7) is 2.55. The standard InChI is InChI=1S/C29H36N2O3/c1-20(12-26(32)34-19-21-8-4-2-5-9-21)15-29-16-22-13-23(17-29)27(24(14-22)18-29)31-28(33)30-25-10-6-3-7-11-25/h2-11,20,22-24,27H,12-19H2,1H3,(H2,30,31,33). The smallest absolute Gasteiger partial charge is 0.319 e. The Morgan fingerprint density at radius 3 is 2.29 bits per heavy atom. The molecule has 2 amide bonds. The number of para-hydroxylation sites is 1. The molecule has 0 radical (unpaired) electrons. The maximum absolute atomic E-state index is 12.7. The Bertz CT molecular complexity index is 977. The number of carbonyl (C=O) groups excluding carboxylic acids is 2. The molecule has 0 heterocycles. The van der Waals surface area contributed by atoms with Crippen molar-refractivity contribution in [1.82, 2.24) is 5.32 Å². The van der Waals surface area contributed by atoms with Gasteiger partial charge in [0.05, 0.1) is 0 Å². The van der Waals surface area contributed by atoms with E-state index in [9.17, 15) is 9.59 Å². The summed E-state index contributed by atoms with van der Waals surface area (Å²) >= 11 is 0. The van der Waals surface area contributed by atoms with Crippen LogP contribution in [0.3, 0.4) is 0 Å². The van der Waals surface area contributed by atoms with Gasteiger partial charge in [-0.05, 0) is 85.3 Å². The van der Waals surface area contributed by atoms with Crippen LogP contribution in [0.1, 0.15) is 57.4 Å². The molecule has 6 rings (SSSR count). The second-order valence-corrected chi connectivity index (χ2v) is 11.1. The fourth-order valence-electron chi connectivity index (χ4n) is 7.41. The van der Waals surface area contributed by atoms with Crippen molar-refractivity contribution in [1.29, 1.82) is 0 Å². The van der Waals surface area contributed by atoms with Crippen LogP contribution in [0.25, 0.3) is 0 Å². The van der Waals surface area contributed by atoms with Gasteiger partial charge in [0.25, 0.3) is 0 Å². The lowest BCUT2D eigenvalue weighted by Gasteiger charge is -2.60. The van der Waals surface area contributed by atoms with Gasteiger partial charge in [0.1, 0.15) is 6.61 Å². The highest BCUT2D eigenvalue weighted by molar-refractivity contribution is 5.89. The third-order valence-electron chi connectivity index (χ3n) is 8.27. The topological polar surface area (TPSA) is 67.4 Å². The zero-order valence-electron chi connectivity index (χ0n) is 20.0. The highest BCUT2D eigenvalue weighted by Crippen LogP contribution is 2.62. The zero-order valence-corrected chi connectivity index (χ0v) is 20.0. The normalized spacial score (nSPS) is 29.9. The second-order valence-electron chi connectivity index (χ2n) is 11.1. The van der Waals surface area contributed by atoms with Crippen molar-refractivity contribution in [3.63, 3.8) is 0 Å². The van der Waals surface area contributed by atoms with E-state index >= 15 is 0 Å². The second kappa shape index (κ2) is 9.81. The van der Waals surface area contributed by atoms with Gasteiger partial charge in [-0.2, -0.15) is 0 Å². The minimum absolute atomic E-state index is 0.0905. The van der Waals surface area contributed by atoms with Crippen molar-refractivity contribution in [2.45, 2.75) is 64.5 Å². The highest BCUT2D eigenvalue weighted by atomic mass is 16.5. The van der Waals surface area contributed by atoms with E-state index in [0.717, 1.165) is 23.6 Å². The molecule has 34 heavy (non-hydrogen) atoms. The number of urea groups is 1. The molecule has 4 fully saturated rings. The van der Waals surface area contributed by atoms with Crippen LogP contribution in [0.2, 0.25) is 0 Å². The Morgan fingerprint density at radius 1 is 0.971 bits per heavy atom. The number of nitrogens with one attached hydrogen (secondary N) is 2. The molecule has 0 aromatic heterocycles. The summed E-state index contributed by atoms with van der Waals surface area (Å²) in [4.78, 5) is 25.1. The molecule has 3 unspecified atom stereocenters. The van der Waals surface area contributed by atoms with Crippen molar-refractivity contribution < 1.29 is 14.3 Å². The SMILES string of the molecule is CC(CC(=O)OCc1ccccc1)CC12CC3CC(C1)C(NC(=O)Nc1ccccc1)C(C3)C2. The number of esters is 1. The number of anilines is 1. The van der Waals surface area contributed by atoms with Gasteiger partial charge in [0.15, 0.2) is 0 Å². The molecule has 4 bridgehead atoms. The Balaban J connectivity index is 1.13. The van der Waals surface area contributed by atoms with Crippen molar-refractivity contribution >= 4 is 17.7 Å². The lowest BCUT2D eigenvalue weighted by molar-refractivity contribution is -0.146. The van der Waals surface area contributed by atoms with E-state index in [1.165, 1.54) is 32.1 Å². The fraction of sp³-hybridized carbons (Fsp3) is 0.517. The Hall–Kier alpha value is -2.82. The van der Waals surface area contributed by atoms with E-state index in [2.05, 4.69) is 17.6 Å². The van der Waals surface area contributed by atoms with E-state index < -0.39 is 0 Å². The summed E-state index contributed by atoms with van der Waals surface area (Å²) in [5.74, 6) is 2.07. The first-order chi connectivity index (χ1) is 16.5. The molecule has 2 aromatic carbocycles. The predicted octanol–water partition coefficient (Wildman–Crippen LogP) is 6.16. The first kappa shape index (κ1) is 22.9. The third kappa shape index (κ3) is 5.29. The van der Waals surface area contributed by atoms with Crippen molar-refractivity contribution in [2.75, 3.05) is 5.32 Å². The summed E-state index contributed by atoms with van der Waals surface area (Å²) in [5.41, 5.74) is 2.18. The molecule has 0 spiro atoms. The number of hydrogen-bond donors (Lipinski definition) is 2. The molecular formula is C29H36N2O3. The average Bonchev–Trinajstić information content (AvgIpc) is 2.80. The lowest BCUT2D eigenvalue weighted by atomic mass is 9.46. The summed E-state index contributed by atoms with van der Waals surface area (Å²) in [6.07, 6.45) is 7.63. The van der Waals surface area contributed by atoms with Crippen molar-refractivity contribution in [3.8, 4) is 0 Å². The van der Waals surface area contributed by atoms with Crippen molar-refractivity contribution in [2.24, 2.45) is 29.1 Å². The van der Waals surface area contributed by atoms with Gasteiger partial charge in [0.2, 0.25) is 0 Å². The quantitative estimate of drug-likeness (QED) is 0.464. The Morgan fingerprint density at radius 2 is 1.62 bits per heavy atom. The molecule has 5 heteroatoms. The molecule has 3 atom stereocenters. The van der Waals surface area contributed by atoms with E-state index in [-0.39, 0.29) is 18.0 Å². The molecule has 0 saturated heterocycles. The van der Waals surface area contributed by atoms with Gasteiger partial charge in [-0.15, -0.1) is 0 Å². The fourth-order valence-corrected chi connectivity index (χ4v) is 7.41. The minimum atomic E-state index is -0.0989. The molecule has 4 aliphatic rings. The third-order valence-corrected chi connectivity index (χ3v) is 8.27. The molecule has 5 nitrogen and oxygen atoms in total. The minimum Gasteiger partial charge on any atom is -0.461 e. The largest absolute Gasteiger partial charge is 0.461 e. The first-order valence-electron chi connectivity index (χ1n) is 12.8. The van der Waals surface area contributed by atoms with Gasteiger partial charge in [-0.25, -0.2) is 4.79 Å². The maximum Gasteiger partial charge on any atom is 0.319 e. The molecule has 0 aliphatic heterocycles. The average molecular weight is 461 g/mol. The van der Waals surface area contributed by atoms with E-state index in [1.54, 1.807) is 0 Å². The maximum atomic E-state index is 12.7. The van der Waals surface area contributed by atoms with Crippen LogP contribution in [0, 0.1) is 29.1 Å². The number of hydrogen-bond acceptors (Lipinski definition) is 3. The van der Waals surface area contributed by atoms with Crippen LogP contribution < -0.4 is 10.6 Å². The van der Waals surface area contributed by atoms with Crippen LogP contribution in [-0.4, -0.2) is 18.0 Å². The number of carbonyl (C=O) groups is 2. The van der Waals surface area contributed by atoms with Gasteiger partial charge in [-0.1, -0.05) is 55.5 Å². The van der Waals surface area contributed by atoms with E-state index in [4.69, 9.17) is 4.74 Å². The van der Waals surface area contributed by atoms with Gasteiger partial charge < -0.3 is 15.4 Å². The van der Waals surface area contributed by atoms with Crippen LogP contribution in [0.5, 0.6) is 0 Å². The zero-order chi connectivity index (χ0) is 23.5. The lowest BCUT2D eigenvalue weighted by Crippen LogP contribution is -2.60. The van der Waals surface area contributed by atoms with Gasteiger partial charge in [-0.3, -0.25) is 4.79 Å². The number of rotatable bonds is 8. The van der Waals surface area contributed by atoms with E-state index in [1.807, 2.05) is 60.7 Å². The molecule has 4 saturated carbocycles. The van der Waals surface area contributed by atoms with Gasteiger partial charge >= 0.3 is 12.0 Å². The van der Waals surface area contributed by atoms with Crippen molar-refractivity contribution in [3.05, 3.63) is 66.2 Å². The number of ether oxygens (including phenoxy) is 1. The van der Waals surface area contributed by atoms with Crippen LogP contribution in [0.15, 0.2) is 60.7 Å². The van der Waals surface area contributed by atoms with Crippen LogP contribution in [0.4, 0.5) is 10.5 Å². The monoisotopic (exact) mass is 460 g/mol. The summed E-state index contributed by atoms with van der Waals surface area (Å²) in [7, 11) is 0. The Labute approximate surface area is 202 Å². The number of benzene rings is 2. The molecule has 180 valence electrons. The molecule has 2 aromatic rings. The predicted molar refractivity (Wildman–Crippen MR) is 133 cm³/mol. The van der Waals surface area contributed by atoms with Crippen LogP contribution in [-0.2, 0) is 16.1 Å². The van der Waals surface area contributed by atoms with Crippen LogP contribution >= 0.6 is 0 Å². The summed E-state index contributed by atoms with van der Waals surface area (Å²) in [5, 5.41) is 6.31.